The first kappa shape index (κ1) is 9.12. The van der Waals surface area contributed by atoms with E-state index >= 15 is 0 Å². The molecule has 1 atom stereocenters. The molecule has 1 aliphatic rings. The summed E-state index contributed by atoms with van der Waals surface area (Å²) in [5.74, 6) is 0. The van der Waals surface area contributed by atoms with Crippen LogP contribution in [0.5, 0.6) is 0 Å². The Bertz CT molecular complexity index is 296. The minimum atomic E-state index is -0.705. The molecule has 13 heavy (non-hydrogen) atoms. The SMILES string of the molecule is Cc1nc(C2(O)CCNC2)sc1C. The molecule has 0 amide bonds. The molecule has 1 aromatic rings. The first-order valence-electron chi connectivity index (χ1n) is 4.49. The van der Waals surface area contributed by atoms with Crippen molar-refractivity contribution >= 4 is 11.3 Å². The van der Waals surface area contributed by atoms with Crippen molar-refractivity contribution in [3.05, 3.63) is 15.6 Å². The van der Waals surface area contributed by atoms with Gasteiger partial charge < -0.3 is 10.4 Å². The van der Waals surface area contributed by atoms with E-state index in [1.165, 1.54) is 4.88 Å². The van der Waals surface area contributed by atoms with Crippen LogP contribution in [0, 0.1) is 13.8 Å². The van der Waals surface area contributed by atoms with E-state index in [9.17, 15) is 5.11 Å². The molecule has 0 saturated carbocycles. The fourth-order valence-electron chi connectivity index (χ4n) is 1.53. The Morgan fingerprint density at radius 2 is 2.31 bits per heavy atom. The second-order valence-electron chi connectivity index (χ2n) is 3.62. The van der Waals surface area contributed by atoms with Gasteiger partial charge in [-0.05, 0) is 26.8 Å². The zero-order valence-electron chi connectivity index (χ0n) is 7.92. The molecule has 0 aromatic carbocycles. The molecule has 2 rings (SSSR count). The third-order valence-electron chi connectivity index (χ3n) is 2.56. The van der Waals surface area contributed by atoms with Crippen molar-refractivity contribution in [2.24, 2.45) is 0 Å². The summed E-state index contributed by atoms with van der Waals surface area (Å²) in [6.07, 6.45) is 0.777. The summed E-state index contributed by atoms with van der Waals surface area (Å²) >= 11 is 1.61. The monoisotopic (exact) mass is 198 g/mol. The number of aliphatic hydroxyl groups is 1. The van der Waals surface area contributed by atoms with E-state index in [1.807, 2.05) is 13.8 Å². The molecule has 2 heterocycles. The highest BCUT2D eigenvalue weighted by Gasteiger charge is 2.36. The average molecular weight is 198 g/mol. The molecule has 4 heteroatoms. The van der Waals surface area contributed by atoms with Crippen LogP contribution in [0.2, 0.25) is 0 Å². The normalized spacial score (nSPS) is 28.2. The molecular weight excluding hydrogens is 184 g/mol. The molecule has 3 nitrogen and oxygen atoms in total. The lowest BCUT2D eigenvalue weighted by molar-refractivity contribution is 0.0583. The second kappa shape index (κ2) is 3.04. The van der Waals surface area contributed by atoms with Gasteiger partial charge in [0.25, 0.3) is 0 Å². The van der Waals surface area contributed by atoms with Crippen molar-refractivity contribution in [2.45, 2.75) is 25.9 Å². The van der Waals surface area contributed by atoms with Crippen LogP contribution in [-0.2, 0) is 5.60 Å². The van der Waals surface area contributed by atoms with Gasteiger partial charge in [0.2, 0.25) is 0 Å². The number of hydrogen-bond acceptors (Lipinski definition) is 4. The lowest BCUT2D eigenvalue weighted by Gasteiger charge is -2.17. The molecule has 1 aliphatic heterocycles. The van der Waals surface area contributed by atoms with E-state index in [2.05, 4.69) is 10.3 Å². The molecule has 2 N–H and O–H groups in total. The van der Waals surface area contributed by atoms with Crippen molar-refractivity contribution in [1.29, 1.82) is 0 Å². The van der Waals surface area contributed by atoms with Crippen LogP contribution in [0.3, 0.4) is 0 Å². The van der Waals surface area contributed by atoms with Crippen LogP contribution in [-0.4, -0.2) is 23.2 Å². The van der Waals surface area contributed by atoms with Crippen LogP contribution in [0.4, 0.5) is 0 Å². The van der Waals surface area contributed by atoms with Gasteiger partial charge in [-0.3, -0.25) is 0 Å². The van der Waals surface area contributed by atoms with E-state index in [-0.39, 0.29) is 0 Å². The van der Waals surface area contributed by atoms with Crippen molar-refractivity contribution in [3.8, 4) is 0 Å². The van der Waals surface area contributed by atoms with Gasteiger partial charge in [-0.15, -0.1) is 11.3 Å². The topological polar surface area (TPSA) is 45.2 Å². The summed E-state index contributed by atoms with van der Waals surface area (Å²) in [7, 11) is 0. The lowest BCUT2D eigenvalue weighted by Crippen LogP contribution is -2.28. The van der Waals surface area contributed by atoms with Gasteiger partial charge in [0.15, 0.2) is 0 Å². The zero-order chi connectivity index (χ0) is 9.47. The average Bonchev–Trinajstić information content (AvgIpc) is 2.62. The van der Waals surface area contributed by atoms with Gasteiger partial charge in [0, 0.05) is 11.4 Å². The highest BCUT2D eigenvalue weighted by Crippen LogP contribution is 2.31. The summed E-state index contributed by atoms with van der Waals surface area (Å²) in [5, 5.41) is 14.2. The van der Waals surface area contributed by atoms with Crippen molar-refractivity contribution in [1.82, 2.24) is 10.3 Å². The van der Waals surface area contributed by atoms with Gasteiger partial charge in [-0.25, -0.2) is 4.98 Å². The predicted molar refractivity (Wildman–Crippen MR) is 53.0 cm³/mol. The third kappa shape index (κ3) is 1.49. The van der Waals surface area contributed by atoms with Gasteiger partial charge in [-0.2, -0.15) is 0 Å². The molecule has 1 fully saturated rings. The molecule has 1 saturated heterocycles. The van der Waals surface area contributed by atoms with Crippen molar-refractivity contribution in [3.63, 3.8) is 0 Å². The summed E-state index contributed by atoms with van der Waals surface area (Å²) in [6.45, 7) is 5.55. The van der Waals surface area contributed by atoms with Gasteiger partial charge >= 0.3 is 0 Å². The Labute approximate surface area is 81.8 Å². The number of thiazole rings is 1. The molecule has 0 radical (unpaired) electrons. The van der Waals surface area contributed by atoms with E-state index in [0.29, 0.717) is 6.54 Å². The van der Waals surface area contributed by atoms with Crippen molar-refractivity contribution in [2.75, 3.05) is 13.1 Å². The quantitative estimate of drug-likeness (QED) is 0.706. The number of nitrogens with one attached hydrogen (secondary N) is 1. The van der Waals surface area contributed by atoms with Gasteiger partial charge in [-0.1, -0.05) is 0 Å². The minimum Gasteiger partial charge on any atom is -0.381 e. The van der Waals surface area contributed by atoms with Crippen LogP contribution in [0.1, 0.15) is 22.0 Å². The summed E-state index contributed by atoms with van der Waals surface area (Å²) in [5.41, 5.74) is 0.337. The maximum Gasteiger partial charge on any atom is 0.130 e. The molecular formula is C9H14N2OS. The van der Waals surface area contributed by atoms with Crippen LogP contribution >= 0.6 is 11.3 Å². The van der Waals surface area contributed by atoms with Crippen LogP contribution in [0.15, 0.2) is 0 Å². The van der Waals surface area contributed by atoms with E-state index < -0.39 is 5.60 Å². The number of nitrogens with zero attached hydrogens (tertiary/aromatic N) is 1. The number of hydrogen-bond donors (Lipinski definition) is 2. The minimum absolute atomic E-state index is 0.638. The highest BCUT2D eigenvalue weighted by molar-refractivity contribution is 7.11. The fourth-order valence-corrected chi connectivity index (χ4v) is 2.56. The first-order valence-corrected chi connectivity index (χ1v) is 5.31. The van der Waals surface area contributed by atoms with Gasteiger partial charge in [0.1, 0.15) is 10.6 Å². The fraction of sp³-hybridized carbons (Fsp3) is 0.667. The molecule has 1 unspecified atom stereocenters. The number of aryl methyl sites for hydroxylation is 2. The largest absolute Gasteiger partial charge is 0.381 e. The standard InChI is InChI=1S/C9H14N2OS/c1-6-7(2)13-8(11-6)9(12)3-4-10-5-9/h10,12H,3-5H2,1-2H3. The molecule has 0 spiro atoms. The summed E-state index contributed by atoms with van der Waals surface area (Å²) in [4.78, 5) is 5.60. The number of β-amino-alcohol motifs (C(OH)–C–C–N with tert-alkyl or cyclic N) is 1. The Kier molecular flexibility index (Phi) is 2.14. The number of aromatic nitrogens is 1. The second-order valence-corrected chi connectivity index (χ2v) is 4.82. The van der Waals surface area contributed by atoms with Crippen molar-refractivity contribution < 1.29 is 5.11 Å². The maximum absolute atomic E-state index is 10.2. The predicted octanol–water partition coefficient (Wildman–Crippen LogP) is 0.941. The lowest BCUT2D eigenvalue weighted by atomic mass is 10.1. The molecule has 0 bridgehead atoms. The summed E-state index contributed by atoms with van der Waals surface area (Å²) < 4.78 is 0. The van der Waals surface area contributed by atoms with Crippen LogP contribution < -0.4 is 5.32 Å². The van der Waals surface area contributed by atoms with Crippen LogP contribution in [0.25, 0.3) is 0 Å². The first-order chi connectivity index (χ1) is 6.12. The third-order valence-corrected chi connectivity index (χ3v) is 3.83. The molecule has 0 aliphatic carbocycles. The van der Waals surface area contributed by atoms with E-state index in [1.54, 1.807) is 11.3 Å². The Morgan fingerprint density at radius 1 is 1.54 bits per heavy atom. The van der Waals surface area contributed by atoms with E-state index in [4.69, 9.17) is 0 Å². The smallest absolute Gasteiger partial charge is 0.130 e. The Hall–Kier alpha value is -0.450. The zero-order valence-corrected chi connectivity index (χ0v) is 8.74. The Balaban J connectivity index is 2.34. The van der Waals surface area contributed by atoms with E-state index in [0.717, 1.165) is 23.7 Å². The number of rotatable bonds is 1. The maximum atomic E-state index is 10.2. The molecule has 1 aromatic heterocycles. The molecule has 72 valence electrons. The summed E-state index contributed by atoms with van der Waals surface area (Å²) in [6, 6.07) is 0. The van der Waals surface area contributed by atoms with Gasteiger partial charge in [0.05, 0.1) is 5.69 Å². The highest BCUT2D eigenvalue weighted by atomic mass is 32.1. The Morgan fingerprint density at radius 3 is 2.77 bits per heavy atom.